The van der Waals surface area contributed by atoms with Gasteiger partial charge in [0.25, 0.3) is 0 Å². The molecule has 2 aliphatic rings. The van der Waals surface area contributed by atoms with Gasteiger partial charge in [0.2, 0.25) is 5.91 Å². The molecule has 3 unspecified atom stereocenters. The zero-order valence-corrected chi connectivity index (χ0v) is 18.8. The Morgan fingerprint density at radius 2 is 1.79 bits per heavy atom. The van der Waals surface area contributed by atoms with Crippen molar-refractivity contribution in [1.82, 2.24) is 10.2 Å². The zero-order chi connectivity index (χ0) is 24.2. The summed E-state index contributed by atoms with van der Waals surface area (Å²) >= 11 is 0. The molecule has 1 heterocycles. The molecule has 0 bridgehead atoms. The number of benzene rings is 2. The highest BCUT2D eigenvalue weighted by Gasteiger charge is 2.40. The highest BCUT2D eigenvalue weighted by molar-refractivity contribution is 5.90. The Morgan fingerprint density at radius 3 is 2.38 bits per heavy atom. The molecule has 0 aromatic heterocycles. The van der Waals surface area contributed by atoms with Crippen LogP contribution >= 0.6 is 0 Å². The number of carboxylic acids is 1. The third-order valence-electron chi connectivity index (χ3n) is 6.29. The maximum Gasteiger partial charge on any atom is 0.407 e. The Kier molecular flexibility index (Phi) is 6.85. The van der Waals surface area contributed by atoms with Gasteiger partial charge in [-0.05, 0) is 29.2 Å². The topological polar surface area (TPSA) is 105 Å². The van der Waals surface area contributed by atoms with Gasteiger partial charge in [0.1, 0.15) is 12.6 Å². The van der Waals surface area contributed by atoms with E-state index in [1.165, 1.54) is 4.90 Å². The van der Waals surface area contributed by atoms with Gasteiger partial charge in [0.05, 0.1) is 12.7 Å². The summed E-state index contributed by atoms with van der Waals surface area (Å²) < 4.78 is 10.9. The number of nitrogens with zero attached hydrogens (tertiary/aromatic N) is 1. The van der Waals surface area contributed by atoms with E-state index in [-0.39, 0.29) is 32.1 Å². The van der Waals surface area contributed by atoms with E-state index in [0.29, 0.717) is 0 Å². The van der Waals surface area contributed by atoms with Crippen LogP contribution in [0.2, 0.25) is 0 Å². The lowest BCUT2D eigenvalue weighted by atomic mass is 9.98. The van der Waals surface area contributed by atoms with Crippen molar-refractivity contribution < 1.29 is 29.0 Å². The van der Waals surface area contributed by atoms with Crippen LogP contribution in [0.1, 0.15) is 30.4 Å². The number of rotatable bonds is 6. The summed E-state index contributed by atoms with van der Waals surface area (Å²) in [4.78, 5) is 38.7. The fourth-order valence-electron chi connectivity index (χ4n) is 4.70. The maximum atomic E-state index is 13.1. The smallest absolute Gasteiger partial charge is 0.407 e. The Balaban J connectivity index is 1.45. The van der Waals surface area contributed by atoms with Crippen molar-refractivity contribution in [2.24, 2.45) is 0 Å². The van der Waals surface area contributed by atoms with Crippen LogP contribution in [0.25, 0.3) is 11.1 Å². The third-order valence-corrected chi connectivity index (χ3v) is 6.29. The van der Waals surface area contributed by atoms with Crippen molar-refractivity contribution in [3.05, 3.63) is 59.7 Å². The Morgan fingerprint density at radius 1 is 1.18 bits per heavy atom. The summed E-state index contributed by atoms with van der Waals surface area (Å²) in [7, 11) is 0. The molecule has 2 N–H and O–H groups in total. The van der Waals surface area contributed by atoms with E-state index >= 15 is 0 Å². The summed E-state index contributed by atoms with van der Waals surface area (Å²) in [5, 5.41) is 12.1. The zero-order valence-electron chi connectivity index (χ0n) is 18.8. The third kappa shape index (κ3) is 4.47. The van der Waals surface area contributed by atoms with Gasteiger partial charge in [-0.1, -0.05) is 48.5 Å². The molecule has 176 valence electrons. The van der Waals surface area contributed by atoms with Crippen LogP contribution in [0.3, 0.4) is 0 Å². The van der Waals surface area contributed by atoms with E-state index in [9.17, 15) is 19.5 Å². The molecule has 34 heavy (non-hydrogen) atoms. The van der Waals surface area contributed by atoms with Crippen LogP contribution in [-0.4, -0.2) is 65.9 Å². The monoisotopic (exact) mass is 462 g/mol. The molecule has 0 saturated carbocycles. The SMILES string of the molecule is C#CCC(NC(=O)OCC1c2ccccc2-c2ccccc21)C(=O)N1CCOC(C)C1C(=O)O. The molecule has 0 radical (unpaired) electrons. The summed E-state index contributed by atoms with van der Waals surface area (Å²) in [6.07, 6.45) is 3.85. The van der Waals surface area contributed by atoms with Gasteiger partial charge in [-0.15, -0.1) is 12.3 Å². The maximum absolute atomic E-state index is 13.1. The lowest BCUT2D eigenvalue weighted by Gasteiger charge is -2.38. The number of amides is 2. The second-order valence-corrected chi connectivity index (χ2v) is 8.32. The van der Waals surface area contributed by atoms with E-state index in [1.54, 1.807) is 6.92 Å². The lowest BCUT2D eigenvalue weighted by Crippen LogP contribution is -2.60. The van der Waals surface area contributed by atoms with Gasteiger partial charge in [0.15, 0.2) is 6.04 Å². The number of carbonyl (C=O) groups excluding carboxylic acids is 2. The first kappa shape index (κ1) is 23.3. The van der Waals surface area contributed by atoms with Crippen LogP contribution in [0.5, 0.6) is 0 Å². The van der Waals surface area contributed by atoms with E-state index in [4.69, 9.17) is 15.9 Å². The second-order valence-electron chi connectivity index (χ2n) is 8.32. The molecule has 2 aromatic carbocycles. The van der Waals surface area contributed by atoms with E-state index < -0.39 is 36.2 Å². The normalized spacial score (nSPS) is 19.9. The van der Waals surface area contributed by atoms with Crippen LogP contribution in [0.15, 0.2) is 48.5 Å². The Bertz CT molecular complexity index is 1090. The Hall–Kier alpha value is -3.83. The summed E-state index contributed by atoms with van der Waals surface area (Å²) in [6, 6.07) is 13.7. The van der Waals surface area contributed by atoms with Crippen molar-refractivity contribution in [2.75, 3.05) is 19.8 Å². The van der Waals surface area contributed by atoms with Crippen molar-refractivity contribution in [1.29, 1.82) is 0 Å². The standard InChI is InChI=1S/C26H26N2O6/c1-3-8-22(24(29)28-13-14-33-16(2)23(28)25(30)31)27-26(32)34-15-21-19-11-6-4-9-17(19)18-10-5-7-12-20(18)21/h1,4-7,9-12,16,21-23H,8,13-15H2,2H3,(H,27,32)(H,30,31). The molecule has 2 amide bonds. The number of hydrogen-bond acceptors (Lipinski definition) is 5. The van der Waals surface area contributed by atoms with E-state index in [2.05, 4.69) is 11.2 Å². The average molecular weight is 463 g/mol. The molecule has 1 fully saturated rings. The van der Waals surface area contributed by atoms with Gasteiger partial charge in [-0.25, -0.2) is 9.59 Å². The van der Waals surface area contributed by atoms with Crippen LogP contribution in [0.4, 0.5) is 4.79 Å². The van der Waals surface area contributed by atoms with Crippen molar-refractivity contribution in [3.63, 3.8) is 0 Å². The number of morpholine rings is 1. The molecule has 8 heteroatoms. The molecular formula is C26H26N2O6. The molecule has 4 rings (SSSR count). The summed E-state index contributed by atoms with van der Waals surface area (Å²) in [5.41, 5.74) is 4.35. The fraction of sp³-hybridized carbons (Fsp3) is 0.346. The van der Waals surface area contributed by atoms with Gasteiger partial charge >= 0.3 is 12.1 Å². The second kappa shape index (κ2) is 9.98. The predicted octanol–water partition coefficient (Wildman–Crippen LogP) is 2.62. The minimum absolute atomic E-state index is 0.0865. The van der Waals surface area contributed by atoms with Gasteiger partial charge in [-0.3, -0.25) is 4.79 Å². The lowest BCUT2D eigenvalue weighted by molar-refractivity contribution is -0.165. The number of fused-ring (bicyclic) bond motifs is 3. The first-order valence-electron chi connectivity index (χ1n) is 11.1. The van der Waals surface area contributed by atoms with Crippen molar-refractivity contribution in [3.8, 4) is 23.5 Å². The number of nitrogens with one attached hydrogen (secondary N) is 1. The van der Waals surface area contributed by atoms with Gasteiger partial charge in [-0.2, -0.15) is 0 Å². The highest BCUT2D eigenvalue weighted by Crippen LogP contribution is 2.44. The van der Waals surface area contributed by atoms with Gasteiger partial charge < -0.3 is 24.8 Å². The molecule has 1 aliphatic carbocycles. The van der Waals surface area contributed by atoms with E-state index in [0.717, 1.165) is 22.3 Å². The first-order valence-corrected chi connectivity index (χ1v) is 11.1. The molecule has 2 aromatic rings. The largest absolute Gasteiger partial charge is 0.480 e. The Labute approximate surface area is 197 Å². The molecule has 3 atom stereocenters. The molecule has 1 saturated heterocycles. The number of terminal acetylenes is 1. The number of hydrogen-bond donors (Lipinski definition) is 2. The van der Waals surface area contributed by atoms with Crippen LogP contribution in [0, 0.1) is 12.3 Å². The van der Waals surface area contributed by atoms with Gasteiger partial charge in [0, 0.05) is 18.9 Å². The number of carbonyl (C=O) groups is 3. The number of alkyl carbamates (subject to hydrolysis) is 1. The van der Waals surface area contributed by atoms with Crippen molar-refractivity contribution >= 4 is 18.0 Å². The first-order chi connectivity index (χ1) is 16.4. The fourth-order valence-corrected chi connectivity index (χ4v) is 4.70. The predicted molar refractivity (Wildman–Crippen MR) is 124 cm³/mol. The number of ether oxygens (including phenoxy) is 2. The number of carboxylic acid groups (broad SMARTS) is 1. The van der Waals surface area contributed by atoms with Crippen molar-refractivity contribution in [2.45, 2.75) is 37.5 Å². The van der Waals surface area contributed by atoms with Crippen LogP contribution in [-0.2, 0) is 19.1 Å². The minimum Gasteiger partial charge on any atom is -0.480 e. The van der Waals surface area contributed by atoms with E-state index in [1.807, 2.05) is 48.5 Å². The summed E-state index contributed by atoms with van der Waals surface area (Å²) in [6.45, 7) is 1.97. The molecule has 1 aliphatic heterocycles. The minimum atomic E-state index is -1.18. The van der Waals surface area contributed by atoms with Crippen LogP contribution < -0.4 is 5.32 Å². The highest BCUT2D eigenvalue weighted by atomic mass is 16.5. The summed E-state index contributed by atoms with van der Waals surface area (Å²) in [5.74, 6) is 0.492. The number of aliphatic carboxylic acids is 1. The molecular weight excluding hydrogens is 436 g/mol. The molecule has 8 nitrogen and oxygen atoms in total. The molecule has 0 spiro atoms. The average Bonchev–Trinajstić information content (AvgIpc) is 3.15. The quantitative estimate of drug-likeness (QED) is 0.640.